The van der Waals surface area contributed by atoms with Gasteiger partial charge in [-0.05, 0) is 56.4 Å². The molecule has 1 aromatic rings. The van der Waals surface area contributed by atoms with E-state index in [0.717, 1.165) is 19.3 Å². The summed E-state index contributed by atoms with van der Waals surface area (Å²) in [6.45, 7) is 6.07. The number of likely N-dealkylation sites (N-methyl/N-ethyl adjacent to an activating group) is 1. The number of amides is 2. The summed E-state index contributed by atoms with van der Waals surface area (Å²) in [5, 5.41) is 12.5. The normalized spacial score (nSPS) is 19.7. The molecule has 0 bridgehead atoms. The number of carbonyl (C=O) groups excluding carboxylic acids is 2. The van der Waals surface area contributed by atoms with Crippen molar-refractivity contribution in [3.05, 3.63) is 29.3 Å². The van der Waals surface area contributed by atoms with Crippen LogP contribution >= 0.6 is 0 Å². The van der Waals surface area contributed by atoms with Crippen molar-refractivity contribution < 1.29 is 19.1 Å². The summed E-state index contributed by atoms with van der Waals surface area (Å²) < 4.78 is 11.5. The molecule has 1 N–H and O–H groups in total. The zero-order valence-electron chi connectivity index (χ0n) is 19.1. The van der Waals surface area contributed by atoms with Gasteiger partial charge in [-0.25, -0.2) is 0 Å². The van der Waals surface area contributed by atoms with Gasteiger partial charge in [0.2, 0.25) is 0 Å². The Morgan fingerprint density at radius 1 is 1.29 bits per heavy atom. The quantitative estimate of drug-likeness (QED) is 0.506. The highest BCUT2D eigenvalue weighted by Gasteiger charge is 2.24. The molecule has 168 valence electrons. The van der Waals surface area contributed by atoms with E-state index in [2.05, 4.69) is 12.2 Å². The molecule has 0 aromatic heterocycles. The molecule has 0 saturated heterocycles. The second-order valence-electron chi connectivity index (χ2n) is 8.14. The van der Waals surface area contributed by atoms with Gasteiger partial charge in [-0.3, -0.25) is 9.59 Å². The lowest BCUT2D eigenvalue weighted by atomic mass is 9.86. The maximum Gasteiger partial charge on any atom is 0.262 e. The van der Waals surface area contributed by atoms with Gasteiger partial charge in [-0.2, -0.15) is 5.26 Å². The molecule has 2 amide bonds. The van der Waals surface area contributed by atoms with Crippen molar-refractivity contribution in [2.45, 2.75) is 58.6 Å². The van der Waals surface area contributed by atoms with Gasteiger partial charge < -0.3 is 19.7 Å². The first kappa shape index (κ1) is 24.3. The van der Waals surface area contributed by atoms with Crippen molar-refractivity contribution >= 4 is 17.9 Å². The van der Waals surface area contributed by atoms with Crippen LogP contribution in [-0.4, -0.2) is 49.6 Å². The summed E-state index contributed by atoms with van der Waals surface area (Å²) in [5.41, 5.74) is 0.691. The Bertz CT molecular complexity index is 857. The number of nitriles is 1. The van der Waals surface area contributed by atoms with E-state index in [9.17, 15) is 14.9 Å². The number of hydrogen-bond acceptors (Lipinski definition) is 5. The topological polar surface area (TPSA) is 91.7 Å². The number of hydrogen-bond donors (Lipinski definition) is 1. The summed E-state index contributed by atoms with van der Waals surface area (Å²) in [4.78, 5) is 26.2. The fraction of sp³-hybridized carbons (Fsp3) is 0.542. The molecule has 1 aliphatic rings. The van der Waals surface area contributed by atoms with Gasteiger partial charge >= 0.3 is 0 Å². The molecular weight excluding hydrogens is 394 g/mol. The van der Waals surface area contributed by atoms with Gasteiger partial charge in [0, 0.05) is 20.1 Å². The van der Waals surface area contributed by atoms with E-state index in [0.29, 0.717) is 29.6 Å². The average molecular weight is 428 g/mol. The first-order valence-corrected chi connectivity index (χ1v) is 10.8. The lowest BCUT2D eigenvalue weighted by Gasteiger charge is -2.29. The Morgan fingerprint density at radius 2 is 2.00 bits per heavy atom. The molecule has 7 nitrogen and oxygen atoms in total. The minimum atomic E-state index is -0.673. The van der Waals surface area contributed by atoms with Crippen LogP contribution in [0.5, 0.6) is 11.5 Å². The van der Waals surface area contributed by atoms with Gasteiger partial charge in [0.1, 0.15) is 11.6 Å². The third kappa shape index (κ3) is 6.74. The van der Waals surface area contributed by atoms with Gasteiger partial charge in [0.25, 0.3) is 11.8 Å². The molecule has 0 radical (unpaired) electrons. The Morgan fingerprint density at radius 3 is 2.61 bits per heavy atom. The van der Waals surface area contributed by atoms with Crippen LogP contribution < -0.4 is 14.8 Å². The monoisotopic (exact) mass is 427 g/mol. The molecule has 31 heavy (non-hydrogen) atoms. The van der Waals surface area contributed by atoms with E-state index >= 15 is 0 Å². The van der Waals surface area contributed by atoms with Crippen LogP contribution in [0.25, 0.3) is 6.08 Å². The Labute approximate surface area is 185 Å². The summed E-state index contributed by atoms with van der Waals surface area (Å²) in [5.74, 6) is 0.774. The number of rotatable bonds is 8. The fourth-order valence-electron chi connectivity index (χ4n) is 3.68. The summed E-state index contributed by atoms with van der Waals surface area (Å²) in [7, 11) is 3.34. The smallest absolute Gasteiger partial charge is 0.262 e. The van der Waals surface area contributed by atoms with E-state index in [1.54, 1.807) is 45.3 Å². The molecule has 0 spiro atoms. The van der Waals surface area contributed by atoms with E-state index in [4.69, 9.17) is 9.47 Å². The van der Waals surface area contributed by atoms with Crippen molar-refractivity contribution in [3.63, 3.8) is 0 Å². The largest absolute Gasteiger partial charge is 0.490 e. The van der Waals surface area contributed by atoms with Crippen LogP contribution in [0.1, 0.15) is 52.0 Å². The SMILES string of the molecule is CCOc1cc(/C=C(\C#N)C(=O)N[C@@H]2CCCC[C@@H]2C)ccc1O[C@@H](C)C(=O)N(C)C. The highest BCUT2D eigenvalue weighted by molar-refractivity contribution is 6.01. The molecule has 0 heterocycles. The number of nitrogens with one attached hydrogen (secondary N) is 1. The van der Waals surface area contributed by atoms with Crippen LogP contribution in [0.3, 0.4) is 0 Å². The summed E-state index contributed by atoms with van der Waals surface area (Å²) >= 11 is 0. The van der Waals surface area contributed by atoms with Crippen LogP contribution in [0.15, 0.2) is 23.8 Å². The van der Waals surface area contributed by atoms with E-state index in [1.807, 2.05) is 13.0 Å². The van der Waals surface area contributed by atoms with Crippen molar-refractivity contribution in [3.8, 4) is 17.6 Å². The van der Waals surface area contributed by atoms with E-state index < -0.39 is 6.10 Å². The molecule has 1 aromatic carbocycles. The molecule has 1 saturated carbocycles. The Kier molecular flexibility index (Phi) is 8.92. The maximum absolute atomic E-state index is 12.7. The predicted octanol–water partition coefficient (Wildman–Crippen LogP) is 3.54. The molecular formula is C24H33N3O4. The van der Waals surface area contributed by atoms with Crippen molar-refractivity contribution in [2.75, 3.05) is 20.7 Å². The third-order valence-electron chi connectivity index (χ3n) is 5.46. The second-order valence-corrected chi connectivity index (χ2v) is 8.14. The minimum Gasteiger partial charge on any atom is -0.490 e. The van der Waals surface area contributed by atoms with Crippen LogP contribution in [-0.2, 0) is 9.59 Å². The van der Waals surface area contributed by atoms with Gasteiger partial charge in [0.15, 0.2) is 17.6 Å². The number of benzene rings is 1. The average Bonchev–Trinajstić information content (AvgIpc) is 2.74. The highest BCUT2D eigenvalue weighted by atomic mass is 16.5. The standard InChI is InChI=1S/C24H33N3O4/c1-6-30-22-14-18(11-12-21(22)31-17(3)24(29)27(4)5)13-19(15-25)23(28)26-20-10-8-7-9-16(20)2/h11-14,16-17,20H,6-10H2,1-5H3,(H,26,28)/b19-13+/t16-,17-,20+/m0/s1. The summed E-state index contributed by atoms with van der Waals surface area (Å²) in [6, 6.07) is 7.24. The molecule has 0 unspecified atom stereocenters. The molecule has 3 atom stereocenters. The third-order valence-corrected chi connectivity index (χ3v) is 5.46. The highest BCUT2D eigenvalue weighted by Crippen LogP contribution is 2.30. The Hall–Kier alpha value is -3.01. The van der Waals surface area contributed by atoms with Crippen LogP contribution in [0.4, 0.5) is 0 Å². The fourth-order valence-corrected chi connectivity index (χ4v) is 3.68. The van der Waals surface area contributed by atoms with Crippen molar-refractivity contribution in [2.24, 2.45) is 5.92 Å². The molecule has 1 fully saturated rings. The summed E-state index contributed by atoms with van der Waals surface area (Å²) in [6.07, 6.45) is 5.18. The maximum atomic E-state index is 12.7. The number of ether oxygens (including phenoxy) is 2. The minimum absolute atomic E-state index is 0.0463. The van der Waals surface area contributed by atoms with Crippen molar-refractivity contribution in [1.82, 2.24) is 10.2 Å². The first-order valence-electron chi connectivity index (χ1n) is 10.8. The van der Waals surface area contributed by atoms with Crippen LogP contribution in [0.2, 0.25) is 0 Å². The molecule has 7 heteroatoms. The van der Waals surface area contributed by atoms with E-state index in [1.165, 1.54) is 11.3 Å². The lowest BCUT2D eigenvalue weighted by Crippen LogP contribution is -2.41. The molecule has 2 rings (SSSR count). The van der Waals surface area contributed by atoms with E-state index in [-0.39, 0.29) is 23.4 Å². The molecule has 0 aliphatic heterocycles. The second kappa shape index (κ2) is 11.4. The molecule has 1 aliphatic carbocycles. The zero-order chi connectivity index (χ0) is 23.0. The van der Waals surface area contributed by atoms with Gasteiger partial charge in [-0.1, -0.05) is 25.8 Å². The van der Waals surface area contributed by atoms with Gasteiger partial charge in [-0.15, -0.1) is 0 Å². The van der Waals surface area contributed by atoms with Crippen LogP contribution in [0, 0.1) is 17.2 Å². The zero-order valence-corrected chi connectivity index (χ0v) is 19.1. The lowest BCUT2D eigenvalue weighted by molar-refractivity contribution is -0.135. The number of carbonyl (C=O) groups is 2. The predicted molar refractivity (Wildman–Crippen MR) is 120 cm³/mol. The number of nitrogens with zero attached hydrogens (tertiary/aromatic N) is 2. The Balaban J connectivity index is 2.20. The van der Waals surface area contributed by atoms with Gasteiger partial charge in [0.05, 0.1) is 6.61 Å². The first-order chi connectivity index (χ1) is 14.8. The van der Waals surface area contributed by atoms with Crippen molar-refractivity contribution in [1.29, 1.82) is 5.26 Å².